The molecule has 55 heavy (non-hydrogen) atoms. The van der Waals surface area contributed by atoms with Crippen molar-refractivity contribution in [3.8, 4) is 0 Å². The van der Waals surface area contributed by atoms with Crippen LogP contribution in [0.2, 0.25) is 0 Å². The standard InChI is InChI=1S/C40H48N8O6S/c41-36(49)35(31-21-11-4-12-22-31)47-37(50)32(23-13-14-24-44-40(42)43)45-38(51)33(25-28-15-5-1-6-16-28)46-39(52)34(26-29-17-7-2-8-18-29)48-55(53,54)27-30-19-9-3-10-20-30/h1-12,15-22,32-35,48H,13-14,23-27H2,(H2,41,49)(H,45,51)(H,46,52)(H,47,50)(H4,42,43,44)/t32-,33-,34+,35-/m0/s1. The van der Waals surface area contributed by atoms with E-state index in [1.165, 1.54) is 0 Å². The number of carbonyl (C=O) groups is 4. The lowest BCUT2D eigenvalue weighted by Crippen LogP contribution is -2.58. The Morgan fingerprint density at radius 2 is 1.04 bits per heavy atom. The maximum atomic E-state index is 14.2. The summed E-state index contributed by atoms with van der Waals surface area (Å²) in [5.41, 5.74) is 13.4. The molecule has 0 aromatic heterocycles. The Hall–Kier alpha value is -6.06. The van der Waals surface area contributed by atoms with Crippen molar-refractivity contribution in [1.82, 2.24) is 26.0 Å². The van der Waals surface area contributed by atoms with Crippen LogP contribution in [0.3, 0.4) is 0 Å². The Morgan fingerprint density at radius 3 is 1.56 bits per heavy atom. The van der Waals surface area contributed by atoms with E-state index in [-0.39, 0.29) is 31.0 Å². The zero-order chi connectivity index (χ0) is 39.6. The Balaban J connectivity index is 1.60. The fourth-order valence-electron chi connectivity index (χ4n) is 5.87. The average Bonchev–Trinajstić information content (AvgIpc) is 3.16. The fraction of sp³-hybridized carbons (Fsp3) is 0.275. The average molecular weight is 769 g/mol. The number of guanidine groups is 1. The Labute approximate surface area is 321 Å². The summed E-state index contributed by atoms with van der Waals surface area (Å²) in [4.78, 5) is 54.5. The minimum absolute atomic E-state index is 0.00626. The van der Waals surface area contributed by atoms with Gasteiger partial charge >= 0.3 is 0 Å². The summed E-state index contributed by atoms with van der Waals surface area (Å²) in [6.45, 7) is 0.348. The van der Waals surface area contributed by atoms with Crippen LogP contribution in [0.15, 0.2) is 121 Å². The van der Waals surface area contributed by atoms with Gasteiger partial charge in [-0.15, -0.1) is 0 Å². The molecular formula is C40H48N8O6S. The van der Waals surface area contributed by atoms with Crippen LogP contribution in [-0.4, -0.2) is 62.7 Å². The lowest BCUT2D eigenvalue weighted by molar-refractivity contribution is -0.133. The van der Waals surface area contributed by atoms with Crippen LogP contribution in [0.25, 0.3) is 0 Å². The summed E-state index contributed by atoms with van der Waals surface area (Å²) in [6.07, 6.45) is 1.03. The number of hydrogen-bond acceptors (Lipinski definition) is 7. The smallest absolute Gasteiger partial charge is 0.244 e. The first-order valence-corrected chi connectivity index (χ1v) is 19.5. The van der Waals surface area contributed by atoms with Gasteiger partial charge in [-0.25, -0.2) is 13.1 Å². The molecule has 4 rings (SSSR count). The number of primary amides is 1. The Kier molecular flexibility index (Phi) is 15.9. The normalized spacial score (nSPS) is 13.3. The molecule has 4 atom stereocenters. The molecule has 0 unspecified atom stereocenters. The molecule has 0 aliphatic carbocycles. The van der Waals surface area contributed by atoms with Crippen LogP contribution < -0.4 is 37.5 Å². The Morgan fingerprint density at radius 1 is 0.582 bits per heavy atom. The van der Waals surface area contributed by atoms with Crippen molar-refractivity contribution < 1.29 is 27.6 Å². The summed E-state index contributed by atoms with van der Waals surface area (Å²) >= 11 is 0. The van der Waals surface area contributed by atoms with Crippen molar-refractivity contribution in [3.63, 3.8) is 0 Å². The van der Waals surface area contributed by atoms with E-state index in [2.05, 4.69) is 26.0 Å². The highest BCUT2D eigenvalue weighted by Crippen LogP contribution is 2.15. The largest absolute Gasteiger partial charge is 0.370 e. The van der Waals surface area contributed by atoms with Gasteiger partial charge in [0.25, 0.3) is 0 Å². The van der Waals surface area contributed by atoms with E-state index in [1.807, 2.05) is 0 Å². The van der Waals surface area contributed by atoms with E-state index >= 15 is 0 Å². The van der Waals surface area contributed by atoms with Crippen molar-refractivity contribution in [2.24, 2.45) is 11.5 Å². The zero-order valence-electron chi connectivity index (χ0n) is 30.3. The molecule has 290 valence electrons. The van der Waals surface area contributed by atoms with Crippen LogP contribution >= 0.6 is 0 Å². The van der Waals surface area contributed by atoms with Gasteiger partial charge in [-0.2, -0.15) is 0 Å². The van der Waals surface area contributed by atoms with Gasteiger partial charge in [0, 0.05) is 13.0 Å². The molecule has 4 aromatic carbocycles. The van der Waals surface area contributed by atoms with Crippen LogP contribution in [-0.2, 0) is 47.8 Å². The first kappa shape index (κ1) is 41.7. The minimum Gasteiger partial charge on any atom is -0.370 e. The molecule has 0 saturated heterocycles. The quantitative estimate of drug-likeness (QED) is 0.0353. The molecule has 0 aliphatic rings. The van der Waals surface area contributed by atoms with Gasteiger partial charge in [-0.3, -0.25) is 24.6 Å². The third-order valence-corrected chi connectivity index (χ3v) is 9.97. The first-order valence-electron chi connectivity index (χ1n) is 17.8. The highest BCUT2D eigenvalue weighted by atomic mass is 32.2. The highest BCUT2D eigenvalue weighted by Gasteiger charge is 2.32. The van der Waals surface area contributed by atoms with E-state index in [1.54, 1.807) is 121 Å². The first-order chi connectivity index (χ1) is 26.4. The highest BCUT2D eigenvalue weighted by molar-refractivity contribution is 7.88. The molecule has 10 N–H and O–H groups in total. The number of hydrogen-bond donors (Lipinski definition) is 8. The third-order valence-electron chi connectivity index (χ3n) is 8.61. The predicted octanol–water partition coefficient (Wildman–Crippen LogP) is 1.93. The molecule has 4 aromatic rings. The van der Waals surface area contributed by atoms with Gasteiger partial charge in [-0.05, 0) is 47.9 Å². The maximum Gasteiger partial charge on any atom is 0.244 e. The summed E-state index contributed by atoms with van der Waals surface area (Å²) in [5.74, 6) is -3.51. The molecule has 0 aliphatic heterocycles. The van der Waals surface area contributed by atoms with Crippen LogP contribution in [0.5, 0.6) is 0 Å². The second-order valence-electron chi connectivity index (χ2n) is 13.0. The molecule has 0 spiro atoms. The molecule has 14 nitrogen and oxygen atoms in total. The lowest BCUT2D eigenvalue weighted by Gasteiger charge is -2.26. The molecular weight excluding hydrogens is 721 g/mol. The number of nitrogens with one attached hydrogen (secondary N) is 6. The SMILES string of the molecule is N=C(N)NCCCC[C@H](NC(=O)[C@H](Cc1ccccc1)NC(=O)[C@@H](Cc1ccccc1)NS(=O)(=O)Cc1ccccc1)C(=O)N[C@H](C(N)=O)c1ccccc1. The number of unbranched alkanes of at least 4 members (excludes halogenated alkanes) is 1. The number of amides is 4. The van der Waals surface area contributed by atoms with Gasteiger partial charge in [0.05, 0.1) is 5.75 Å². The number of nitrogens with two attached hydrogens (primary N) is 2. The summed E-state index contributed by atoms with van der Waals surface area (Å²) < 4.78 is 29.3. The topological polar surface area (TPSA) is 238 Å². The second kappa shape index (κ2) is 21.0. The lowest BCUT2D eigenvalue weighted by atomic mass is 10.0. The third kappa shape index (κ3) is 14.4. The number of benzene rings is 4. The van der Waals surface area contributed by atoms with Crippen LogP contribution in [0.4, 0.5) is 0 Å². The minimum atomic E-state index is -4.03. The number of rotatable bonds is 21. The van der Waals surface area contributed by atoms with Crippen molar-refractivity contribution >= 4 is 39.6 Å². The molecule has 0 bridgehead atoms. The monoisotopic (exact) mass is 768 g/mol. The van der Waals surface area contributed by atoms with Crippen molar-refractivity contribution in [3.05, 3.63) is 144 Å². The van der Waals surface area contributed by atoms with E-state index in [9.17, 15) is 27.6 Å². The molecule has 0 heterocycles. The van der Waals surface area contributed by atoms with Crippen molar-refractivity contribution in [1.29, 1.82) is 5.41 Å². The van der Waals surface area contributed by atoms with E-state index in [4.69, 9.17) is 16.9 Å². The molecule has 4 amide bonds. The van der Waals surface area contributed by atoms with Gasteiger partial charge in [0.15, 0.2) is 5.96 Å². The summed E-state index contributed by atoms with van der Waals surface area (Å²) in [7, 11) is -4.03. The van der Waals surface area contributed by atoms with E-state index in [0.717, 1.165) is 0 Å². The predicted molar refractivity (Wildman–Crippen MR) is 210 cm³/mol. The fourth-order valence-corrected chi connectivity index (χ4v) is 7.20. The Bertz CT molecular complexity index is 1970. The van der Waals surface area contributed by atoms with Gasteiger partial charge in [0.1, 0.15) is 24.2 Å². The van der Waals surface area contributed by atoms with Crippen molar-refractivity contribution in [2.75, 3.05) is 6.54 Å². The summed E-state index contributed by atoms with van der Waals surface area (Å²) in [6, 6.07) is 29.9. The number of carbonyl (C=O) groups excluding carboxylic acids is 4. The van der Waals surface area contributed by atoms with Gasteiger partial charge < -0.3 is 32.7 Å². The van der Waals surface area contributed by atoms with Crippen molar-refractivity contribution in [2.45, 2.75) is 62.0 Å². The maximum absolute atomic E-state index is 14.2. The molecule has 15 heteroatoms. The van der Waals surface area contributed by atoms with Gasteiger partial charge in [-0.1, -0.05) is 121 Å². The molecule has 0 radical (unpaired) electrons. The summed E-state index contributed by atoms with van der Waals surface area (Å²) in [5, 5.41) is 18.3. The molecule has 0 saturated carbocycles. The molecule has 0 fully saturated rings. The second-order valence-corrected chi connectivity index (χ2v) is 14.8. The number of sulfonamides is 1. The van der Waals surface area contributed by atoms with Crippen LogP contribution in [0.1, 0.15) is 47.6 Å². The van der Waals surface area contributed by atoms with Crippen LogP contribution in [0, 0.1) is 5.41 Å². The zero-order valence-corrected chi connectivity index (χ0v) is 31.1. The van der Waals surface area contributed by atoms with E-state index < -0.39 is 57.8 Å². The van der Waals surface area contributed by atoms with Gasteiger partial charge in [0.2, 0.25) is 33.7 Å². The van der Waals surface area contributed by atoms with E-state index in [0.29, 0.717) is 41.6 Å².